The molecule has 1 aromatic carbocycles. The van der Waals surface area contributed by atoms with E-state index in [4.69, 9.17) is 11.6 Å². The van der Waals surface area contributed by atoms with Gasteiger partial charge < -0.3 is 10.6 Å². The largest absolute Gasteiger partial charge is 0.352 e. The molecule has 1 aliphatic carbocycles. The van der Waals surface area contributed by atoms with E-state index in [9.17, 15) is 9.59 Å². The first-order valence-electron chi connectivity index (χ1n) is 6.91. The van der Waals surface area contributed by atoms with E-state index in [0.717, 1.165) is 12.8 Å². The Hall–Kier alpha value is -1.92. The zero-order chi connectivity index (χ0) is 15.5. The molecule has 0 unspecified atom stereocenters. The molecule has 0 aliphatic heterocycles. The van der Waals surface area contributed by atoms with Crippen molar-refractivity contribution in [3.8, 4) is 0 Å². The number of thiazole rings is 1. The second-order valence-corrected chi connectivity index (χ2v) is 6.33. The summed E-state index contributed by atoms with van der Waals surface area (Å²) in [7, 11) is 0. The van der Waals surface area contributed by atoms with Crippen molar-refractivity contribution in [2.75, 3.05) is 11.9 Å². The molecule has 0 saturated heterocycles. The van der Waals surface area contributed by atoms with Gasteiger partial charge in [0.2, 0.25) is 0 Å². The summed E-state index contributed by atoms with van der Waals surface area (Å²) < 4.78 is 0. The number of hydrogen-bond acceptors (Lipinski definition) is 4. The van der Waals surface area contributed by atoms with Gasteiger partial charge in [0, 0.05) is 16.9 Å². The van der Waals surface area contributed by atoms with Gasteiger partial charge in [-0.3, -0.25) is 9.59 Å². The highest BCUT2D eigenvalue weighted by Crippen LogP contribution is 2.28. The highest BCUT2D eigenvalue weighted by molar-refractivity contribution is 7.07. The summed E-state index contributed by atoms with van der Waals surface area (Å²) in [6.07, 6.45) is 2.31. The molecular weight excluding hydrogens is 322 g/mol. The van der Waals surface area contributed by atoms with Crippen molar-refractivity contribution in [3.05, 3.63) is 45.4 Å². The molecule has 2 aromatic rings. The maximum atomic E-state index is 12.3. The topological polar surface area (TPSA) is 71.1 Å². The fourth-order valence-electron chi connectivity index (χ4n) is 1.98. The monoisotopic (exact) mass is 335 g/mol. The zero-order valence-electron chi connectivity index (χ0n) is 11.6. The maximum Gasteiger partial charge on any atom is 0.275 e. The van der Waals surface area contributed by atoms with Gasteiger partial charge in [-0.1, -0.05) is 11.6 Å². The second-order valence-electron chi connectivity index (χ2n) is 5.17. The molecule has 1 fully saturated rings. The average Bonchev–Trinajstić information content (AvgIpc) is 3.17. The van der Waals surface area contributed by atoms with Gasteiger partial charge in [-0.25, -0.2) is 4.98 Å². The van der Waals surface area contributed by atoms with Crippen molar-refractivity contribution in [1.82, 2.24) is 10.3 Å². The van der Waals surface area contributed by atoms with E-state index in [1.54, 1.807) is 29.1 Å². The standard InChI is InChI=1S/C15H14ClN3O2S/c16-10-3-4-12(19-15(21)13-7-22-8-18-13)11(5-10)14(20)17-6-9-1-2-9/h3-5,7-9H,1-2,6H2,(H,17,20)(H,19,21). The number of hydrogen-bond donors (Lipinski definition) is 2. The predicted octanol–water partition coefficient (Wildman–Crippen LogP) is 3.19. The van der Waals surface area contributed by atoms with Crippen molar-refractivity contribution in [2.45, 2.75) is 12.8 Å². The molecule has 22 heavy (non-hydrogen) atoms. The molecule has 0 radical (unpaired) electrons. The van der Waals surface area contributed by atoms with Gasteiger partial charge in [0.05, 0.1) is 16.8 Å². The Kier molecular flexibility index (Phi) is 4.40. The van der Waals surface area contributed by atoms with Crippen LogP contribution in [0.3, 0.4) is 0 Å². The van der Waals surface area contributed by atoms with Gasteiger partial charge >= 0.3 is 0 Å². The number of carbonyl (C=O) groups excluding carboxylic acids is 2. The smallest absolute Gasteiger partial charge is 0.275 e. The quantitative estimate of drug-likeness (QED) is 0.881. The summed E-state index contributed by atoms with van der Waals surface area (Å²) in [5, 5.41) is 7.68. The van der Waals surface area contributed by atoms with Crippen molar-refractivity contribution in [2.24, 2.45) is 5.92 Å². The minimum Gasteiger partial charge on any atom is -0.352 e. The summed E-state index contributed by atoms with van der Waals surface area (Å²) in [6.45, 7) is 0.658. The average molecular weight is 336 g/mol. The van der Waals surface area contributed by atoms with Gasteiger partial charge in [-0.05, 0) is 37.0 Å². The molecule has 1 aromatic heterocycles. The normalized spacial score (nSPS) is 13.7. The molecule has 0 spiro atoms. The third kappa shape index (κ3) is 3.64. The fourth-order valence-corrected chi connectivity index (χ4v) is 2.68. The Labute approximate surface area is 136 Å². The number of amides is 2. The highest BCUT2D eigenvalue weighted by Gasteiger charge is 2.23. The van der Waals surface area contributed by atoms with Crippen molar-refractivity contribution in [1.29, 1.82) is 0 Å². The van der Waals surface area contributed by atoms with Gasteiger partial charge in [0.1, 0.15) is 5.69 Å². The first kappa shape index (κ1) is 15.0. The number of halogens is 1. The minimum atomic E-state index is -0.347. The molecule has 2 amide bonds. The third-order valence-corrected chi connectivity index (χ3v) is 4.21. The molecular formula is C15H14ClN3O2S. The van der Waals surface area contributed by atoms with Gasteiger partial charge in [0.25, 0.3) is 11.8 Å². The number of benzene rings is 1. The number of rotatable bonds is 5. The lowest BCUT2D eigenvalue weighted by Crippen LogP contribution is -2.27. The van der Waals surface area contributed by atoms with Gasteiger partial charge in [-0.2, -0.15) is 0 Å². The second kappa shape index (κ2) is 6.46. The molecule has 5 nitrogen and oxygen atoms in total. The molecule has 1 heterocycles. The molecule has 0 atom stereocenters. The summed E-state index contributed by atoms with van der Waals surface area (Å²) in [5.74, 6) is -0.000949. The van der Waals surface area contributed by atoms with E-state index in [0.29, 0.717) is 34.4 Å². The molecule has 2 N–H and O–H groups in total. The first-order valence-corrected chi connectivity index (χ1v) is 8.23. The lowest BCUT2D eigenvalue weighted by atomic mass is 10.1. The number of nitrogens with zero attached hydrogens (tertiary/aromatic N) is 1. The number of nitrogens with one attached hydrogen (secondary N) is 2. The summed E-state index contributed by atoms with van der Waals surface area (Å²) in [5.41, 5.74) is 2.69. The van der Waals surface area contributed by atoms with E-state index in [-0.39, 0.29) is 11.8 Å². The van der Waals surface area contributed by atoms with E-state index in [1.165, 1.54) is 11.3 Å². The maximum absolute atomic E-state index is 12.3. The highest BCUT2D eigenvalue weighted by atomic mass is 35.5. The first-order chi connectivity index (χ1) is 10.6. The van der Waals surface area contributed by atoms with Crippen LogP contribution >= 0.6 is 22.9 Å². The van der Waals surface area contributed by atoms with Crippen LogP contribution in [-0.4, -0.2) is 23.3 Å². The van der Waals surface area contributed by atoms with Crippen LogP contribution in [0.4, 0.5) is 5.69 Å². The molecule has 114 valence electrons. The van der Waals surface area contributed by atoms with E-state index < -0.39 is 0 Å². The number of anilines is 1. The van der Waals surface area contributed by atoms with Crippen LogP contribution in [0.2, 0.25) is 5.02 Å². The Morgan fingerprint density at radius 3 is 2.82 bits per heavy atom. The van der Waals surface area contributed by atoms with E-state index in [2.05, 4.69) is 15.6 Å². The third-order valence-electron chi connectivity index (χ3n) is 3.39. The van der Waals surface area contributed by atoms with Crippen LogP contribution in [0.25, 0.3) is 0 Å². The number of aromatic nitrogens is 1. The molecule has 0 bridgehead atoms. The van der Waals surface area contributed by atoms with Crippen molar-refractivity contribution < 1.29 is 9.59 Å². The Morgan fingerprint density at radius 2 is 2.14 bits per heavy atom. The SMILES string of the molecule is O=C(Nc1ccc(Cl)cc1C(=O)NCC1CC1)c1cscn1. The summed E-state index contributed by atoms with van der Waals surface area (Å²) in [6, 6.07) is 4.81. The number of carbonyl (C=O) groups is 2. The van der Waals surface area contributed by atoms with Crippen LogP contribution in [0.5, 0.6) is 0 Å². The van der Waals surface area contributed by atoms with Gasteiger partial charge in [0.15, 0.2) is 0 Å². The van der Waals surface area contributed by atoms with Crippen LogP contribution in [0.15, 0.2) is 29.1 Å². The van der Waals surface area contributed by atoms with Crippen LogP contribution in [0.1, 0.15) is 33.7 Å². The Bertz CT molecular complexity index is 699. The molecule has 7 heteroatoms. The van der Waals surface area contributed by atoms with E-state index in [1.807, 2.05) is 0 Å². The summed E-state index contributed by atoms with van der Waals surface area (Å²) in [4.78, 5) is 28.3. The van der Waals surface area contributed by atoms with Gasteiger partial charge in [-0.15, -0.1) is 11.3 Å². The van der Waals surface area contributed by atoms with E-state index >= 15 is 0 Å². The van der Waals surface area contributed by atoms with Crippen LogP contribution < -0.4 is 10.6 Å². The Morgan fingerprint density at radius 1 is 1.32 bits per heavy atom. The van der Waals surface area contributed by atoms with Crippen LogP contribution in [-0.2, 0) is 0 Å². The molecule has 3 rings (SSSR count). The fraction of sp³-hybridized carbons (Fsp3) is 0.267. The predicted molar refractivity (Wildman–Crippen MR) is 86.6 cm³/mol. The molecule has 1 aliphatic rings. The zero-order valence-corrected chi connectivity index (χ0v) is 13.2. The van der Waals surface area contributed by atoms with Crippen LogP contribution in [0, 0.1) is 5.92 Å². The van der Waals surface area contributed by atoms with Crippen molar-refractivity contribution >= 4 is 40.4 Å². The molecule has 1 saturated carbocycles. The summed E-state index contributed by atoms with van der Waals surface area (Å²) >= 11 is 7.31. The Balaban J connectivity index is 1.77. The lowest BCUT2D eigenvalue weighted by Gasteiger charge is -2.11. The lowest BCUT2D eigenvalue weighted by molar-refractivity contribution is 0.0952. The minimum absolute atomic E-state index is 0.233. The van der Waals surface area contributed by atoms with Crippen molar-refractivity contribution in [3.63, 3.8) is 0 Å².